The van der Waals surface area contributed by atoms with E-state index in [0.717, 1.165) is 16.5 Å². The van der Waals surface area contributed by atoms with Gasteiger partial charge in [-0.25, -0.2) is 17.5 Å². The number of thiophene rings is 2. The van der Waals surface area contributed by atoms with Crippen LogP contribution in [-0.4, -0.2) is 20.1 Å². The third-order valence-corrected chi connectivity index (χ3v) is 6.73. The molecule has 0 radical (unpaired) electrons. The summed E-state index contributed by atoms with van der Waals surface area (Å²) in [6.45, 7) is -0.222. The highest BCUT2D eigenvalue weighted by Gasteiger charge is 2.20. The molecule has 0 fully saturated rings. The molecular weight excluding hydrogens is 369 g/mol. The summed E-state index contributed by atoms with van der Waals surface area (Å²) in [6, 6.07) is 10.8. The molecule has 24 heavy (non-hydrogen) atoms. The molecule has 0 amide bonds. The van der Waals surface area contributed by atoms with Gasteiger partial charge in [0.2, 0.25) is 10.0 Å². The third kappa shape index (κ3) is 3.73. The fraction of sp³-hybridized carbons (Fsp3) is 0.125. The van der Waals surface area contributed by atoms with E-state index in [2.05, 4.69) is 4.72 Å². The van der Waals surface area contributed by atoms with E-state index in [1.807, 2.05) is 22.9 Å². The fourth-order valence-electron chi connectivity index (χ4n) is 2.12. The van der Waals surface area contributed by atoms with Gasteiger partial charge in [-0.3, -0.25) is 0 Å². The summed E-state index contributed by atoms with van der Waals surface area (Å²) < 4.78 is 40.1. The van der Waals surface area contributed by atoms with Gasteiger partial charge in [0.1, 0.15) is 16.8 Å². The van der Waals surface area contributed by atoms with Crippen molar-refractivity contribution in [1.82, 2.24) is 4.72 Å². The van der Waals surface area contributed by atoms with Gasteiger partial charge in [-0.15, -0.1) is 11.3 Å². The minimum Gasteiger partial charge on any atom is -0.386 e. The van der Waals surface area contributed by atoms with Crippen molar-refractivity contribution in [3.8, 4) is 10.4 Å². The number of nitrogens with one attached hydrogen (secondary N) is 1. The van der Waals surface area contributed by atoms with Gasteiger partial charge < -0.3 is 5.11 Å². The van der Waals surface area contributed by atoms with Crippen LogP contribution < -0.4 is 4.72 Å². The minimum atomic E-state index is -4.01. The number of benzene rings is 1. The second kappa shape index (κ2) is 7.12. The Balaban J connectivity index is 1.69. The molecule has 3 aromatic rings. The van der Waals surface area contributed by atoms with Crippen molar-refractivity contribution in [1.29, 1.82) is 0 Å². The third-order valence-electron chi connectivity index (χ3n) is 3.35. The molecular formula is C16H14FNO3S3. The molecule has 2 heterocycles. The fourth-order valence-corrected chi connectivity index (χ4v) is 4.96. The quantitative estimate of drug-likeness (QED) is 0.683. The zero-order chi connectivity index (χ0) is 17.2. The summed E-state index contributed by atoms with van der Waals surface area (Å²) in [4.78, 5) is 1.22. The highest BCUT2D eigenvalue weighted by atomic mass is 32.2. The Bertz CT molecular complexity index is 920. The number of hydrogen-bond donors (Lipinski definition) is 2. The number of hydrogen-bond acceptors (Lipinski definition) is 5. The van der Waals surface area contributed by atoms with Crippen LogP contribution in [0.1, 0.15) is 11.0 Å². The van der Waals surface area contributed by atoms with Crippen LogP contribution in [0.2, 0.25) is 0 Å². The molecule has 0 bridgehead atoms. The topological polar surface area (TPSA) is 66.4 Å². The van der Waals surface area contributed by atoms with Crippen molar-refractivity contribution in [2.24, 2.45) is 0 Å². The lowest BCUT2D eigenvalue weighted by Crippen LogP contribution is -2.28. The monoisotopic (exact) mass is 383 g/mol. The molecule has 8 heteroatoms. The summed E-state index contributed by atoms with van der Waals surface area (Å²) in [5.74, 6) is -0.824. The van der Waals surface area contributed by atoms with Gasteiger partial charge in [-0.05, 0) is 41.1 Å². The Kier molecular flexibility index (Phi) is 5.12. The van der Waals surface area contributed by atoms with Crippen molar-refractivity contribution in [2.75, 3.05) is 6.54 Å². The maximum Gasteiger partial charge on any atom is 0.243 e. The molecule has 1 aromatic carbocycles. The van der Waals surface area contributed by atoms with Crippen LogP contribution in [0.5, 0.6) is 0 Å². The van der Waals surface area contributed by atoms with Gasteiger partial charge in [0.25, 0.3) is 0 Å². The molecule has 2 aromatic heterocycles. The van der Waals surface area contributed by atoms with Gasteiger partial charge >= 0.3 is 0 Å². The molecule has 0 spiro atoms. The lowest BCUT2D eigenvalue weighted by molar-refractivity contribution is 0.185. The number of aliphatic hydroxyl groups excluding tert-OH is 1. The molecule has 0 aliphatic heterocycles. The van der Waals surface area contributed by atoms with Crippen molar-refractivity contribution < 1.29 is 17.9 Å². The predicted molar refractivity (Wildman–Crippen MR) is 94.2 cm³/mol. The minimum absolute atomic E-state index is 0.222. The largest absolute Gasteiger partial charge is 0.386 e. The van der Waals surface area contributed by atoms with Crippen LogP contribution in [0.3, 0.4) is 0 Å². The van der Waals surface area contributed by atoms with Crippen LogP contribution in [0, 0.1) is 5.82 Å². The highest BCUT2D eigenvalue weighted by molar-refractivity contribution is 7.89. The molecule has 0 aliphatic carbocycles. The molecule has 0 saturated carbocycles. The molecule has 0 saturated heterocycles. The summed E-state index contributed by atoms with van der Waals surface area (Å²) in [5.41, 5.74) is 1.07. The van der Waals surface area contributed by atoms with E-state index in [9.17, 15) is 17.9 Å². The lowest BCUT2D eigenvalue weighted by Gasteiger charge is -2.11. The SMILES string of the molecule is O=S(=O)(NCC(O)c1ccc(-c2ccsc2)s1)c1ccccc1F. The summed E-state index contributed by atoms with van der Waals surface area (Å²) in [6.07, 6.45) is -0.996. The van der Waals surface area contributed by atoms with Gasteiger partial charge in [0.05, 0.1) is 0 Å². The molecule has 0 aliphatic rings. The smallest absolute Gasteiger partial charge is 0.243 e. The van der Waals surface area contributed by atoms with E-state index in [-0.39, 0.29) is 6.54 Å². The number of sulfonamides is 1. The van der Waals surface area contributed by atoms with Crippen molar-refractivity contribution in [3.63, 3.8) is 0 Å². The first kappa shape index (κ1) is 17.2. The van der Waals surface area contributed by atoms with Crippen LogP contribution in [0.25, 0.3) is 10.4 Å². The average molecular weight is 383 g/mol. The Morgan fingerprint density at radius 2 is 1.96 bits per heavy atom. The summed E-state index contributed by atoms with van der Waals surface area (Å²) >= 11 is 2.98. The van der Waals surface area contributed by atoms with Gasteiger partial charge in [-0.1, -0.05) is 12.1 Å². The van der Waals surface area contributed by atoms with E-state index >= 15 is 0 Å². The van der Waals surface area contributed by atoms with Crippen LogP contribution in [0.15, 0.2) is 58.1 Å². The van der Waals surface area contributed by atoms with Crippen molar-refractivity contribution >= 4 is 32.7 Å². The Labute approximate surface area is 147 Å². The standard InChI is InChI=1S/C16H14FNO3S3/c17-12-3-1-2-4-16(12)24(20,21)18-9-13(19)15-6-5-14(23-15)11-7-8-22-10-11/h1-8,10,13,18-19H,9H2. The second-order valence-corrected chi connectivity index (χ2v) is 8.64. The predicted octanol–water partition coefficient (Wildman–Crippen LogP) is 3.63. The molecule has 4 nitrogen and oxygen atoms in total. The van der Waals surface area contributed by atoms with Crippen molar-refractivity contribution in [3.05, 3.63) is 63.9 Å². The zero-order valence-corrected chi connectivity index (χ0v) is 14.8. The summed E-state index contributed by atoms with van der Waals surface area (Å²) in [7, 11) is -4.01. The Morgan fingerprint density at radius 1 is 1.17 bits per heavy atom. The van der Waals surface area contributed by atoms with E-state index < -0.39 is 26.8 Å². The van der Waals surface area contributed by atoms with Gasteiger partial charge in [0, 0.05) is 21.9 Å². The van der Waals surface area contributed by atoms with Crippen molar-refractivity contribution in [2.45, 2.75) is 11.0 Å². The zero-order valence-electron chi connectivity index (χ0n) is 12.3. The van der Waals surface area contributed by atoms with Crippen LogP contribution in [-0.2, 0) is 10.0 Å². The first-order chi connectivity index (χ1) is 11.5. The van der Waals surface area contributed by atoms with Gasteiger partial charge in [-0.2, -0.15) is 11.3 Å². The molecule has 1 atom stereocenters. The van der Waals surface area contributed by atoms with E-state index in [4.69, 9.17) is 0 Å². The highest BCUT2D eigenvalue weighted by Crippen LogP contribution is 2.32. The first-order valence-electron chi connectivity index (χ1n) is 7.02. The van der Waals surface area contributed by atoms with E-state index in [1.165, 1.54) is 29.5 Å². The lowest BCUT2D eigenvalue weighted by atomic mass is 10.2. The molecule has 3 rings (SSSR count). The van der Waals surface area contributed by atoms with E-state index in [1.54, 1.807) is 17.4 Å². The molecule has 2 N–H and O–H groups in total. The molecule has 1 unspecified atom stereocenters. The van der Waals surface area contributed by atoms with Crippen LogP contribution in [0.4, 0.5) is 4.39 Å². The summed E-state index contributed by atoms with van der Waals surface area (Å²) in [5, 5.41) is 14.2. The Hall–Kier alpha value is -1.58. The second-order valence-electron chi connectivity index (χ2n) is 5.01. The van der Waals surface area contributed by atoms with Crippen LogP contribution >= 0.6 is 22.7 Å². The first-order valence-corrected chi connectivity index (χ1v) is 10.3. The number of aliphatic hydroxyl groups is 1. The average Bonchev–Trinajstić information content (AvgIpc) is 3.23. The Morgan fingerprint density at radius 3 is 2.67 bits per heavy atom. The van der Waals surface area contributed by atoms with E-state index in [0.29, 0.717) is 4.88 Å². The maximum atomic E-state index is 13.6. The molecule has 126 valence electrons. The normalized spacial score (nSPS) is 13.1. The number of halogens is 1. The maximum absolute atomic E-state index is 13.6. The number of rotatable bonds is 6. The van der Waals surface area contributed by atoms with Gasteiger partial charge in [0.15, 0.2) is 0 Å².